The van der Waals surface area contributed by atoms with E-state index in [4.69, 9.17) is 9.47 Å². The number of aryl methyl sites for hydroxylation is 2. The second-order valence-electron chi connectivity index (χ2n) is 5.57. The molecule has 1 amide bonds. The van der Waals surface area contributed by atoms with Crippen LogP contribution in [0, 0.1) is 13.8 Å². The Morgan fingerprint density at radius 2 is 1.70 bits per heavy atom. The number of ether oxygens (including phenoxy) is 2. The summed E-state index contributed by atoms with van der Waals surface area (Å²) in [4.78, 5) is 12.1. The molecule has 0 aromatic heterocycles. The lowest BCUT2D eigenvalue weighted by Gasteiger charge is -2.15. The third kappa shape index (κ3) is 4.74. The molecule has 2 rings (SSSR count). The molecule has 122 valence electrons. The van der Waals surface area contributed by atoms with Gasteiger partial charge >= 0.3 is 0 Å². The topological polar surface area (TPSA) is 47.6 Å². The summed E-state index contributed by atoms with van der Waals surface area (Å²) in [5.41, 5.74) is 3.36. The summed E-state index contributed by atoms with van der Waals surface area (Å²) in [7, 11) is 1.63. The van der Waals surface area contributed by atoms with Gasteiger partial charge in [0.25, 0.3) is 5.91 Å². The van der Waals surface area contributed by atoms with Gasteiger partial charge in [-0.25, -0.2) is 0 Å². The summed E-state index contributed by atoms with van der Waals surface area (Å²) in [6, 6.07) is 13.4. The molecule has 0 spiro atoms. The number of nitrogens with one attached hydrogen (secondary N) is 1. The molecule has 0 bridgehead atoms. The van der Waals surface area contributed by atoms with Crippen molar-refractivity contribution in [3.05, 3.63) is 59.2 Å². The molecule has 4 nitrogen and oxygen atoms in total. The lowest BCUT2D eigenvalue weighted by Crippen LogP contribution is -2.35. The Hall–Kier alpha value is -2.49. The molecule has 0 aliphatic heterocycles. The van der Waals surface area contributed by atoms with Crippen LogP contribution < -0.4 is 14.8 Å². The SMILES string of the molecule is COc1ccc(CNC(=O)[C@@H](C)Oc2ccc(C)c(C)c2)cc1. The van der Waals surface area contributed by atoms with Crippen molar-refractivity contribution in [2.45, 2.75) is 33.4 Å². The van der Waals surface area contributed by atoms with E-state index in [1.807, 2.05) is 56.3 Å². The van der Waals surface area contributed by atoms with Gasteiger partial charge in [-0.2, -0.15) is 0 Å². The van der Waals surface area contributed by atoms with Crippen molar-refractivity contribution < 1.29 is 14.3 Å². The maximum Gasteiger partial charge on any atom is 0.261 e. The van der Waals surface area contributed by atoms with Gasteiger partial charge in [0.1, 0.15) is 11.5 Å². The third-order valence-electron chi connectivity index (χ3n) is 3.79. The van der Waals surface area contributed by atoms with E-state index < -0.39 is 6.10 Å². The van der Waals surface area contributed by atoms with Crippen LogP contribution in [0.4, 0.5) is 0 Å². The standard InChI is InChI=1S/C19H23NO3/c1-13-5-8-18(11-14(13)2)23-15(3)19(21)20-12-16-6-9-17(22-4)10-7-16/h5-11,15H,12H2,1-4H3,(H,20,21)/t15-/m1/s1. The van der Waals surface area contributed by atoms with Gasteiger partial charge in [0, 0.05) is 6.54 Å². The minimum Gasteiger partial charge on any atom is -0.497 e. The highest BCUT2D eigenvalue weighted by molar-refractivity contribution is 5.80. The fourth-order valence-electron chi connectivity index (χ4n) is 2.12. The highest BCUT2D eigenvalue weighted by Crippen LogP contribution is 2.18. The van der Waals surface area contributed by atoms with Crippen molar-refractivity contribution in [2.75, 3.05) is 7.11 Å². The number of hydrogen-bond donors (Lipinski definition) is 1. The molecule has 0 unspecified atom stereocenters. The van der Waals surface area contributed by atoms with Crippen LogP contribution in [0.3, 0.4) is 0 Å². The molecule has 0 saturated heterocycles. The lowest BCUT2D eigenvalue weighted by molar-refractivity contribution is -0.127. The molecule has 2 aromatic carbocycles. The predicted molar refractivity (Wildman–Crippen MR) is 90.8 cm³/mol. The summed E-state index contributed by atoms with van der Waals surface area (Å²) >= 11 is 0. The molecule has 4 heteroatoms. The lowest BCUT2D eigenvalue weighted by atomic mass is 10.1. The van der Waals surface area contributed by atoms with Crippen LogP contribution in [0.2, 0.25) is 0 Å². The molecule has 0 saturated carbocycles. The Kier molecular flexibility index (Phi) is 5.63. The van der Waals surface area contributed by atoms with Crippen LogP contribution in [0.5, 0.6) is 11.5 Å². The number of methoxy groups -OCH3 is 1. The number of carbonyl (C=O) groups is 1. The van der Waals surface area contributed by atoms with Gasteiger partial charge in [-0.3, -0.25) is 4.79 Å². The summed E-state index contributed by atoms with van der Waals surface area (Å²) in [5, 5.41) is 2.88. The molecule has 1 N–H and O–H groups in total. The van der Waals surface area contributed by atoms with E-state index in [1.165, 1.54) is 5.56 Å². The monoisotopic (exact) mass is 313 g/mol. The van der Waals surface area contributed by atoms with E-state index in [2.05, 4.69) is 5.32 Å². The van der Waals surface area contributed by atoms with Crippen molar-refractivity contribution in [3.8, 4) is 11.5 Å². The number of rotatable bonds is 6. The van der Waals surface area contributed by atoms with E-state index in [9.17, 15) is 4.79 Å². The average molecular weight is 313 g/mol. The normalized spacial score (nSPS) is 11.7. The van der Waals surface area contributed by atoms with Crippen molar-refractivity contribution in [3.63, 3.8) is 0 Å². The first-order valence-corrected chi connectivity index (χ1v) is 7.64. The van der Waals surface area contributed by atoms with Gasteiger partial charge in [0.15, 0.2) is 6.10 Å². The minimum atomic E-state index is -0.546. The third-order valence-corrected chi connectivity index (χ3v) is 3.79. The predicted octanol–water partition coefficient (Wildman–Crippen LogP) is 3.40. The maximum absolute atomic E-state index is 12.1. The van der Waals surface area contributed by atoms with E-state index >= 15 is 0 Å². The first-order chi connectivity index (χ1) is 11.0. The molecule has 2 aromatic rings. The molecule has 23 heavy (non-hydrogen) atoms. The Labute approximate surface area is 137 Å². The van der Waals surface area contributed by atoms with Crippen LogP contribution >= 0.6 is 0 Å². The highest BCUT2D eigenvalue weighted by atomic mass is 16.5. The van der Waals surface area contributed by atoms with Gasteiger partial charge in [-0.15, -0.1) is 0 Å². The van der Waals surface area contributed by atoms with Crippen LogP contribution in [-0.2, 0) is 11.3 Å². The van der Waals surface area contributed by atoms with Crippen molar-refractivity contribution in [1.82, 2.24) is 5.32 Å². The fraction of sp³-hybridized carbons (Fsp3) is 0.316. The summed E-state index contributed by atoms with van der Waals surface area (Å²) < 4.78 is 10.8. The summed E-state index contributed by atoms with van der Waals surface area (Å²) in [6.07, 6.45) is -0.546. The number of amides is 1. The smallest absolute Gasteiger partial charge is 0.261 e. The number of carbonyl (C=O) groups excluding carboxylic acids is 1. The molecule has 1 atom stereocenters. The zero-order valence-electron chi connectivity index (χ0n) is 14.1. The molecule has 0 radical (unpaired) electrons. The second kappa shape index (κ2) is 7.68. The van der Waals surface area contributed by atoms with E-state index in [0.29, 0.717) is 12.3 Å². The maximum atomic E-state index is 12.1. The van der Waals surface area contributed by atoms with Crippen molar-refractivity contribution in [2.24, 2.45) is 0 Å². The molecular weight excluding hydrogens is 290 g/mol. The molecule has 0 aliphatic carbocycles. The van der Waals surface area contributed by atoms with Gasteiger partial charge in [-0.05, 0) is 61.7 Å². The van der Waals surface area contributed by atoms with E-state index in [0.717, 1.165) is 16.9 Å². The van der Waals surface area contributed by atoms with Crippen LogP contribution in [0.25, 0.3) is 0 Å². The second-order valence-corrected chi connectivity index (χ2v) is 5.57. The van der Waals surface area contributed by atoms with Gasteiger partial charge in [-0.1, -0.05) is 18.2 Å². The average Bonchev–Trinajstić information content (AvgIpc) is 2.56. The van der Waals surface area contributed by atoms with Gasteiger partial charge in [0.2, 0.25) is 0 Å². The highest BCUT2D eigenvalue weighted by Gasteiger charge is 2.14. The molecule has 0 heterocycles. The fourth-order valence-corrected chi connectivity index (χ4v) is 2.12. The van der Waals surface area contributed by atoms with Crippen LogP contribution in [-0.4, -0.2) is 19.1 Å². The number of benzene rings is 2. The zero-order valence-corrected chi connectivity index (χ0v) is 14.1. The Bertz CT molecular complexity index is 665. The Morgan fingerprint density at radius 3 is 2.30 bits per heavy atom. The van der Waals surface area contributed by atoms with Gasteiger partial charge < -0.3 is 14.8 Å². The summed E-state index contributed by atoms with van der Waals surface area (Å²) in [6.45, 7) is 6.28. The van der Waals surface area contributed by atoms with E-state index in [1.54, 1.807) is 14.0 Å². The van der Waals surface area contributed by atoms with Crippen LogP contribution in [0.1, 0.15) is 23.6 Å². The van der Waals surface area contributed by atoms with Crippen LogP contribution in [0.15, 0.2) is 42.5 Å². The largest absolute Gasteiger partial charge is 0.497 e. The van der Waals surface area contributed by atoms with Crippen molar-refractivity contribution in [1.29, 1.82) is 0 Å². The zero-order chi connectivity index (χ0) is 16.8. The minimum absolute atomic E-state index is 0.140. The van der Waals surface area contributed by atoms with Crippen molar-refractivity contribution >= 4 is 5.91 Å². The summed E-state index contributed by atoms with van der Waals surface area (Å²) in [5.74, 6) is 1.37. The van der Waals surface area contributed by atoms with Gasteiger partial charge in [0.05, 0.1) is 7.11 Å². The van der Waals surface area contributed by atoms with E-state index in [-0.39, 0.29) is 5.91 Å². The molecular formula is C19H23NO3. The number of hydrogen-bond acceptors (Lipinski definition) is 3. The first kappa shape index (κ1) is 16.9. The molecule has 0 fully saturated rings. The Morgan fingerprint density at radius 1 is 1.04 bits per heavy atom. The molecule has 0 aliphatic rings. The quantitative estimate of drug-likeness (QED) is 0.889. The first-order valence-electron chi connectivity index (χ1n) is 7.64. The Balaban J connectivity index is 1.87.